The molecule has 0 bridgehead atoms. The number of carbonyl (C=O) groups excluding carboxylic acids is 3. The third-order valence-electron chi connectivity index (χ3n) is 4.52. The van der Waals surface area contributed by atoms with Crippen LogP contribution in [0.25, 0.3) is 6.08 Å². The third kappa shape index (κ3) is 2.20. The molecule has 22 heavy (non-hydrogen) atoms. The van der Waals surface area contributed by atoms with E-state index in [1.54, 1.807) is 24.1 Å². The average molecular weight is 299 g/mol. The highest BCUT2D eigenvalue weighted by molar-refractivity contribution is 6.05. The van der Waals surface area contributed by atoms with Crippen LogP contribution < -0.4 is 5.32 Å². The highest BCUT2D eigenvalue weighted by Crippen LogP contribution is 2.44. The summed E-state index contributed by atoms with van der Waals surface area (Å²) in [6, 6.07) is 1.91. The predicted molar refractivity (Wildman–Crippen MR) is 81.1 cm³/mol. The fourth-order valence-corrected chi connectivity index (χ4v) is 3.24. The Balaban J connectivity index is 1.95. The van der Waals surface area contributed by atoms with Crippen molar-refractivity contribution in [2.45, 2.75) is 25.2 Å². The fraction of sp³-hybridized carbons (Fsp3) is 0.375. The first-order valence-electron chi connectivity index (χ1n) is 7.26. The number of allylic oxidation sites excluding steroid dienone is 1. The molecule has 0 aliphatic carbocycles. The van der Waals surface area contributed by atoms with Gasteiger partial charge in [-0.2, -0.15) is 0 Å². The minimum Gasteiger partial charge on any atom is -0.343 e. The van der Waals surface area contributed by atoms with Gasteiger partial charge in [-0.05, 0) is 30.5 Å². The number of fused-ring (bicyclic) bond motifs is 2. The van der Waals surface area contributed by atoms with Gasteiger partial charge in [0, 0.05) is 31.8 Å². The molecule has 0 radical (unpaired) electrons. The number of carbonyl (C=O) groups is 3. The summed E-state index contributed by atoms with van der Waals surface area (Å²) < 4.78 is 0. The smallest absolute Gasteiger partial charge is 0.236 e. The van der Waals surface area contributed by atoms with Gasteiger partial charge in [0.2, 0.25) is 11.8 Å². The summed E-state index contributed by atoms with van der Waals surface area (Å²) in [6.07, 6.45) is 6.59. The van der Waals surface area contributed by atoms with Gasteiger partial charge in [-0.3, -0.25) is 14.4 Å². The highest BCUT2D eigenvalue weighted by Gasteiger charge is 2.49. The minimum atomic E-state index is -0.612. The molecule has 1 spiro atoms. The van der Waals surface area contributed by atoms with Crippen molar-refractivity contribution < 1.29 is 14.4 Å². The maximum absolute atomic E-state index is 12.5. The highest BCUT2D eigenvalue weighted by atomic mass is 16.2. The third-order valence-corrected chi connectivity index (χ3v) is 4.52. The summed E-state index contributed by atoms with van der Waals surface area (Å²) in [6.45, 7) is 2.68. The van der Waals surface area contributed by atoms with E-state index in [2.05, 4.69) is 10.3 Å². The molecule has 0 atom stereocenters. The molecule has 1 fully saturated rings. The molecule has 1 saturated heterocycles. The molecule has 3 heterocycles. The van der Waals surface area contributed by atoms with Crippen LogP contribution in [-0.2, 0) is 19.8 Å². The molecule has 1 aromatic rings. The first-order chi connectivity index (χ1) is 10.6. The minimum absolute atomic E-state index is 0.0364. The van der Waals surface area contributed by atoms with E-state index < -0.39 is 5.41 Å². The topological polar surface area (TPSA) is 79.4 Å². The number of aromatic nitrogens is 1. The Kier molecular flexibility index (Phi) is 3.52. The predicted octanol–water partition coefficient (Wildman–Crippen LogP) is 1.13. The van der Waals surface area contributed by atoms with E-state index in [9.17, 15) is 14.4 Å². The zero-order chi connectivity index (χ0) is 15.7. The van der Waals surface area contributed by atoms with Crippen molar-refractivity contribution in [2.24, 2.45) is 0 Å². The van der Waals surface area contributed by atoms with Crippen LogP contribution >= 0.6 is 0 Å². The van der Waals surface area contributed by atoms with Crippen molar-refractivity contribution in [3.63, 3.8) is 0 Å². The zero-order valence-corrected chi connectivity index (χ0v) is 12.3. The summed E-state index contributed by atoms with van der Waals surface area (Å²) in [5.41, 5.74) is 1.05. The molecule has 3 rings (SSSR count). The number of piperidine rings is 1. The largest absolute Gasteiger partial charge is 0.343 e. The monoisotopic (exact) mass is 299 g/mol. The summed E-state index contributed by atoms with van der Waals surface area (Å²) in [7, 11) is 0. The van der Waals surface area contributed by atoms with Crippen LogP contribution in [0.3, 0.4) is 0 Å². The number of aldehydes is 1. The second-order valence-electron chi connectivity index (χ2n) is 5.70. The van der Waals surface area contributed by atoms with Crippen LogP contribution in [0.5, 0.6) is 0 Å². The summed E-state index contributed by atoms with van der Waals surface area (Å²) in [4.78, 5) is 40.5. The molecule has 6 heteroatoms. The SMILES string of the molecule is CC(=O)N1CCC2(CC1)C(=O)Nc1ncc(/C=C/C=O)cc12. The molecule has 2 amide bonds. The molecule has 2 aliphatic rings. The molecule has 114 valence electrons. The molecule has 1 aromatic heterocycles. The number of rotatable bonds is 2. The van der Waals surface area contributed by atoms with Crippen LogP contribution in [0.15, 0.2) is 18.3 Å². The molecule has 0 unspecified atom stereocenters. The molecule has 1 N–H and O–H groups in total. The second kappa shape index (κ2) is 5.36. The number of likely N-dealkylation sites (tertiary alicyclic amines) is 1. The van der Waals surface area contributed by atoms with Gasteiger partial charge in [0.25, 0.3) is 0 Å². The van der Waals surface area contributed by atoms with Gasteiger partial charge in [0.15, 0.2) is 0 Å². The standard InChI is InChI=1S/C16H17N3O3/c1-11(21)19-6-4-16(5-7-19)13-9-12(3-2-8-20)10-17-14(13)18-15(16)22/h2-3,8-10H,4-7H2,1H3,(H,17,18,22)/b3-2+. The van der Waals surface area contributed by atoms with Crippen molar-refractivity contribution in [1.82, 2.24) is 9.88 Å². The number of nitrogens with one attached hydrogen (secondary N) is 1. The Morgan fingerprint density at radius 1 is 1.41 bits per heavy atom. The summed E-state index contributed by atoms with van der Waals surface area (Å²) >= 11 is 0. The number of anilines is 1. The van der Waals surface area contributed by atoms with Crippen molar-refractivity contribution in [2.75, 3.05) is 18.4 Å². The first kappa shape index (κ1) is 14.4. The lowest BCUT2D eigenvalue weighted by Crippen LogP contribution is -2.47. The lowest BCUT2D eigenvalue weighted by atomic mass is 9.74. The lowest BCUT2D eigenvalue weighted by Gasteiger charge is -2.37. The van der Waals surface area contributed by atoms with Crippen molar-refractivity contribution >= 4 is 30.0 Å². The van der Waals surface area contributed by atoms with Crippen molar-refractivity contribution in [3.8, 4) is 0 Å². The zero-order valence-electron chi connectivity index (χ0n) is 12.3. The Morgan fingerprint density at radius 3 is 2.77 bits per heavy atom. The summed E-state index contributed by atoms with van der Waals surface area (Å²) in [5, 5.41) is 2.84. The van der Waals surface area contributed by atoms with E-state index in [0.717, 1.165) is 11.1 Å². The van der Waals surface area contributed by atoms with E-state index in [1.165, 1.54) is 6.08 Å². The van der Waals surface area contributed by atoms with E-state index in [-0.39, 0.29) is 11.8 Å². The Labute approximate surface area is 128 Å². The average Bonchev–Trinajstić information content (AvgIpc) is 2.78. The Hall–Kier alpha value is -2.50. The van der Waals surface area contributed by atoms with Gasteiger partial charge in [-0.15, -0.1) is 0 Å². The second-order valence-corrected chi connectivity index (χ2v) is 5.70. The van der Waals surface area contributed by atoms with Gasteiger partial charge < -0.3 is 10.2 Å². The number of amides is 2. The van der Waals surface area contributed by atoms with Crippen LogP contribution in [0.1, 0.15) is 30.9 Å². The Morgan fingerprint density at radius 2 is 2.14 bits per heavy atom. The van der Waals surface area contributed by atoms with Crippen molar-refractivity contribution in [3.05, 3.63) is 29.5 Å². The first-order valence-corrected chi connectivity index (χ1v) is 7.26. The fourth-order valence-electron chi connectivity index (χ4n) is 3.24. The number of hydrogen-bond acceptors (Lipinski definition) is 4. The van der Waals surface area contributed by atoms with Crippen LogP contribution in [0, 0.1) is 0 Å². The van der Waals surface area contributed by atoms with E-state index in [1.807, 2.05) is 6.07 Å². The molecule has 0 saturated carbocycles. The van der Waals surface area contributed by atoms with Crippen LogP contribution in [-0.4, -0.2) is 41.1 Å². The lowest BCUT2D eigenvalue weighted by molar-refractivity contribution is -0.133. The van der Waals surface area contributed by atoms with Gasteiger partial charge in [-0.25, -0.2) is 4.98 Å². The number of pyridine rings is 1. The van der Waals surface area contributed by atoms with E-state index in [4.69, 9.17) is 0 Å². The molecule has 2 aliphatic heterocycles. The van der Waals surface area contributed by atoms with Gasteiger partial charge in [0.05, 0.1) is 5.41 Å². The summed E-state index contributed by atoms with van der Waals surface area (Å²) in [5.74, 6) is 0.577. The Bertz CT molecular complexity index is 673. The van der Waals surface area contributed by atoms with Crippen molar-refractivity contribution in [1.29, 1.82) is 0 Å². The van der Waals surface area contributed by atoms with E-state index >= 15 is 0 Å². The van der Waals surface area contributed by atoms with E-state index in [0.29, 0.717) is 38.0 Å². The molecule has 0 aromatic carbocycles. The maximum Gasteiger partial charge on any atom is 0.236 e. The van der Waals surface area contributed by atoms with Crippen LogP contribution in [0.4, 0.5) is 5.82 Å². The van der Waals surface area contributed by atoms with Gasteiger partial charge >= 0.3 is 0 Å². The number of nitrogens with zero attached hydrogens (tertiary/aromatic N) is 2. The molecular weight excluding hydrogens is 282 g/mol. The normalized spacial score (nSPS) is 19.3. The molecular formula is C16H17N3O3. The quantitative estimate of drug-likeness (QED) is 0.656. The molecule has 6 nitrogen and oxygen atoms in total. The number of hydrogen-bond donors (Lipinski definition) is 1. The van der Waals surface area contributed by atoms with Gasteiger partial charge in [-0.1, -0.05) is 6.08 Å². The van der Waals surface area contributed by atoms with Gasteiger partial charge in [0.1, 0.15) is 12.1 Å². The maximum atomic E-state index is 12.5. The van der Waals surface area contributed by atoms with Crippen LogP contribution in [0.2, 0.25) is 0 Å².